The van der Waals surface area contributed by atoms with Crippen LogP contribution in [-0.2, 0) is 4.79 Å². The van der Waals surface area contributed by atoms with Crippen molar-refractivity contribution in [2.45, 2.75) is 13.0 Å². The Bertz CT molecular complexity index is 649. The van der Waals surface area contributed by atoms with Crippen LogP contribution in [0.25, 0.3) is 10.8 Å². The SMILES string of the molecule is CC(C(=O)O)N(C)C(=O)Nc1cccc2ccccc12. The summed E-state index contributed by atoms with van der Waals surface area (Å²) in [5.41, 5.74) is 0.664. The Kier molecular flexibility index (Phi) is 3.89. The number of hydrogen-bond acceptors (Lipinski definition) is 2. The van der Waals surface area contributed by atoms with Gasteiger partial charge in [0.25, 0.3) is 0 Å². The Morgan fingerprint density at radius 3 is 2.50 bits per heavy atom. The number of urea groups is 1. The van der Waals surface area contributed by atoms with Crippen LogP contribution in [0, 0.1) is 0 Å². The molecule has 1 unspecified atom stereocenters. The van der Waals surface area contributed by atoms with Gasteiger partial charge in [-0.3, -0.25) is 0 Å². The number of carboxylic acids is 1. The first-order valence-electron chi connectivity index (χ1n) is 6.25. The molecule has 0 aliphatic carbocycles. The lowest BCUT2D eigenvalue weighted by molar-refractivity contribution is -0.141. The first kappa shape index (κ1) is 13.9. The summed E-state index contributed by atoms with van der Waals surface area (Å²) in [6, 6.07) is 11.9. The van der Waals surface area contributed by atoms with Crippen LogP contribution >= 0.6 is 0 Å². The van der Waals surface area contributed by atoms with Crippen LogP contribution in [0.3, 0.4) is 0 Å². The average molecular weight is 272 g/mol. The fourth-order valence-electron chi connectivity index (χ4n) is 1.88. The molecule has 0 radical (unpaired) electrons. The number of rotatable bonds is 3. The second kappa shape index (κ2) is 5.61. The van der Waals surface area contributed by atoms with Gasteiger partial charge in [-0.15, -0.1) is 0 Å². The van der Waals surface area contributed by atoms with E-state index in [4.69, 9.17) is 5.11 Å². The largest absolute Gasteiger partial charge is 0.480 e. The number of likely N-dealkylation sites (N-methyl/N-ethyl adjacent to an activating group) is 1. The third kappa shape index (κ3) is 2.71. The molecule has 0 fully saturated rings. The lowest BCUT2D eigenvalue weighted by Crippen LogP contribution is -2.42. The van der Waals surface area contributed by atoms with Gasteiger partial charge in [0.2, 0.25) is 0 Å². The van der Waals surface area contributed by atoms with Gasteiger partial charge in [-0.25, -0.2) is 9.59 Å². The number of fused-ring (bicyclic) bond motifs is 1. The molecule has 0 aliphatic heterocycles. The van der Waals surface area contributed by atoms with E-state index in [1.807, 2.05) is 36.4 Å². The standard InChI is InChI=1S/C15H16N2O3/c1-10(14(18)19)17(2)15(20)16-13-9-5-7-11-6-3-4-8-12(11)13/h3-10H,1-2H3,(H,16,20)(H,18,19). The molecule has 2 amide bonds. The van der Waals surface area contributed by atoms with E-state index >= 15 is 0 Å². The highest BCUT2D eigenvalue weighted by molar-refractivity contribution is 6.02. The third-order valence-corrected chi connectivity index (χ3v) is 3.29. The molecule has 0 bridgehead atoms. The van der Waals surface area contributed by atoms with Crippen molar-refractivity contribution in [2.75, 3.05) is 12.4 Å². The van der Waals surface area contributed by atoms with Crippen molar-refractivity contribution >= 4 is 28.5 Å². The number of nitrogens with one attached hydrogen (secondary N) is 1. The smallest absolute Gasteiger partial charge is 0.326 e. The van der Waals surface area contributed by atoms with Gasteiger partial charge < -0.3 is 15.3 Å². The predicted octanol–water partition coefficient (Wildman–Crippen LogP) is 2.78. The highest BCUT2D eigenvalue weighted by atomic mass is 16.4. The summed E-state index contributed by atoms with van der Waals surface area (Å²) in [4.78, 5) is 24.1. The summed E-state index contributed by atoms with van der Waals surface area (Å²) in [5.74, 6) is -1.04. The third-order valence-electron chi connectivity index (χ3n) is 3.29. The summed E-state index contributed by atoms with van der Waals surface area (Å²) in [6.45, 7) is 1.46. The van der Waals surface area contributed by atoms with Gasteiger partial charge >= 0.3 is 12.0 Å². The molecule has 0 spiro atoms. The van der Waals surface area contributed by atoms with Crippen LogP contribution in [0.4, 0.5) is 10.5 Å². The molecule has 0 heterocycles. The lowest BCUT2D eigenvalue weighted by Gasteiger charge is -2.22. The number of carbonyl (C=O) groups excluding carboxylic acids is 1. The molecule has 0 saturated heterocycles. The Morgan fingerprint density at radius 1 is 1.15 bits per heavy atom. The highest BCUT2D eigenvalue weighted by Gasteiger charge is 2.21. The second-order valence-electron chi connectivity index (χ2n) is 4.58. The van der Waals surface area contributed by atoms with E-state index in [0.29, 0.717) is 5.69 Å². The van der Waals surface area contributed by atoms with E-state index < -0.39 is 18.0 Å². The predicted molar refractivity (Wildman–Crippen MR) is 77.8 cm³/mol. The Morgan fingerprint density at radius 2 is 1.80 bits per heavy atom. The molecule has 1 atom stereocenters. The minimum atomic E-state index is -1.04. The zero-order chi connectivity index (χ0) is 14.7. The Hall–Kier alpha value is -2.56. The summed E-state index contributed by atoms with van der Waals surface area (Å²) >= 11 is 0. The number of nitrogens with zero attached hydrogens (tertiary/aromatic N) is 1. The minimum Gasteiger partial charge on any atom is -0.480 e. The number of carbonyl (C=O) groups is 2. The zero-order valence-corrected chi connectivity index (χ0v) is 11.3. The van der Waals surface area contributed by atoms with Crippen LogP contribution in [0.1, 0.15) is 6.92 Å². The molecular formula is C15H16N2O3. The first-order valence-corrected chi connectivity index (χ1v) is 6.25. The molecule has 104 valence electrons. The Balaban J connectivity index is 2.24. The van der Waals surface area contributed by atoms with Crippen LogP contribution in [0.15, 0.2) is 42.5 Å². The first-order chi connectivity index (χ1) is 9.50. The van der Waals surface area contributed by atoms with E-state index in [2.05, 4.69) is 5.32 Å². The van der Waals surface area contributed by atoms with E-state index in [0.717, 1.165) is 15.7 Å². The second-order valence-corrected chi connectivity index (χ2v) is 4.58. The van der Waals surface area contributed by atoms with E-state index in [-0.39, 0.29) is 0 Å². The quantitative estimate of drug-likeness (QED) is 0.902. The van der Waals surface area contributed by atoms with Gasteiger partial charge in [-0.05, 0) is 18.4 Å². The van der Waals surface area contributed by atoms with Crippen molar-refractivity contribution < 1.29 is 14.7 Å². The normalized spacial score (nSPS) is 11.9. The summed E-state index contributed by atoms with van der Waals surface area (Å²) < 4.78 is 0. The van der Waals surface area contributed by atoms with Crippen molar-refractivity contribution in [3.63, 3.8) is 0 Å². The Labute approximate surface area is 116 Å². The van der Waals surface area contributed by atoms with Gasteiger partial charge in [0.15, 0.2) is 0 Å². The number of carboxylic acid groups (broad SMARTS) is 1. The molecular weight excluding hydrogens is 256 g/mol. The van der Waals surface area contributed by atoms with Crippen LogP contribution in [-0.4, -0.2) is 35.1 Å². The molecule has 2 aromatic rings. The average Bonchev–Trinajstić information content (AvgIpc) is 2.46. The monoisotopic (exact) mass is 272 g/mol. The zero-order valence-electron chi connectivity index (χ0n) is 11.3. The van der Waals surface area contributed by atoms with Crippen molar-refractivity contribution in [3.05, 3.63) is 42.5 Å². The molecule has 0 aromatic heterocycles. The van der Waals surface area contributed by atoms with Gasteiger partial charge in [-0.1, -0.05) is 36.4 Å². The molecule has 5 heteroatoms. The fraction of sp³-hybridized carbons (Fsp3) is 0.200. The molecule has 2 aromatic carbocycles. The maximum atomic E-state index is 12.1. The molecule has 2 N–H and O–H groups in total. The molecule has 2 rings (SSSR count). The minimum absolute atomic E-state index is 0.448. The number of benzene rings is 2. The van der Waals surface area contributed by atoms with E-state index in [1.54, 1.807) is 6.07 Å². The molecule has 0 aliphatic rings. The van der Waals surface area contributed by atoms with E-state index in [1.165, 1.54) is 14.0 Å². The van der Waals surface area contributed by atoms with Crippen LogP contribution < -0.4 is 5.32 Å². The van der Waals surface area contributed by atoms with E-state index in [9.17, 15) is 9.59 Å². The van der Waals surface area contributed by atoms with Gasteiger partial charge in [0.1, 0.15) is 6.04 Å². The fourth-order valence-corrected chi connectivity index (χ4v) is 1.88. The lowest BCUT2D eigenvalue weighted by atomic mass is 10.1. The van der Waals surface area contributed by atoms with Crippen LogP contribution in [0.2, 0.25) is 0 Å². The van der Waals surface area contributed by atoms with Gasteiger partial charge in [0, 0.05) is 12.4 Å². The van der Waals surface area contributed by atoms with Crippen LogP contribution in [0.5, 0.6) is 0 Å². The molecule has 20 heavy (non-hydrogen) atoms. The summed E-state index contributed by atoms with van der Waals surface area (Å²) in [5, 5.41) is 13.6. The number of anilines is 1. The van der Waals surface area contributed by atoms with Gasteiger partial charge in [0.05, 0.1) is 5.69 Å². The van der Waals surface area contributed by atoms with Crippen molar-refractivity contribution in [1.82, 2.24) is 4.90 Å². The van der Waals surface area contributed by atoms with Crippen molar-refractivity contribution in [2.24, 2.45) is 0 Å². The highest BCUT2D eigenvalue weighted by Crippen LogP contribution is 2.23. The number of aliphatic carboxylic acids is 1. The maximum Gasteiger partial charge on any atom is 0.326 e. The van der Waals surface area contributed by atoms with Crippen molar-refractivity contribution in [1.29, 1.82) is 0 Å². The summed E-state index contributed by atoms with van der Waals surface area (Å²) in [7, 11) is 1.46. The van der Waals surface area contributed by atoms with Gasteiger partial charge in [-0.2, -0.15) is 0 Å². The molecule has 0 saturated carbocycles. The molecule has 5 nitrogen and oxygen atoms in total. The summed E-state index contributed by atoms with van der Waals surface area (Å²) in [6.07, 6.45) is 0. The maximum absolute atomic E-state index is 12.1. The topological polar surface area (TPSA) is 69.6 Å². The number of amides is 2. The van der Waals surface area contributed by atoms with Crippen molar-refractivity contribution in [3.8, 4) is 0 Å². The number of hydrogen-bond donors (Lipinski definition) is 2.